The number of rotatable bonds is 4. The summed E-state index contributed by atoms with van der Waals surface area (Å²) in [5.74, 6) is 1.07. The lowest BCUT2D eigenvalue weighted by Crippen LogP contribution is -2.24. The van der Waals surface area contributed by atoms with E-state index < -0.39 is 0 Å². The van der Waals surface area contributed by atoms with E-state index in [0.29, 0.717) is 37.0 Å². The number of nitrogens with zero attached hydrogens (tertiary/aromatic N) is 4. The van der Waals surface area contributed by atoms with Gasteiger partial charge in [0.1, 0.15) is 13.2 Å². The molecule has 3 heterocycles. The molecule has 0 fully saturated rings. The number of nitrogens with one attached hydrogen (secondary N) is 1. The van der Waals surface area contributed by atoms with Crippen molar-refractivity contribution in [2.24, 2.45) is 0 Å². The molecule has 4 rings (SSSR count). The SMILES string of the molecule is Cc1cccc(CNC(=O)c2nnn(-c3ccc4c(c3)OCCO4)c2C)n1. The van der Waals surface area contributed by atoms with Crippen LogP contribution in [0, 0.1) is 13.8 Å². The van der Waals surface area contributed by atoms with Crippen molar-refractivity contribution in [3.05, 3.63) is 59.2 Å². The summed E-state index contributed by atoms with van der Waals surface area (Å²) < 4.78 is 12.7. The maximum Gasteiger partial charge on any atom is 0.274 e. The number of hydrogen-bond donors (Lipinski definition) is 1. The fraction of sp³-hybridized carbons (Fsp3) is 0.263. The van der Waals surface area contributed by atoms with Gasteiger partial charge in [-0.05, 0) is 38.1 Å². The number of fused-ring (bicyclic) bond motifs is 1. The standard InChI is InChI=1S/C19H19N5O3/c1-12-4-3-5-14(21-12)11-20-19(25)18-13(2)24(23-22-18)15-6-7-16-17(10-15)27-9-8-26-16/h3-7,10H,8-9,11H2,1-2H3,(H,20,25). The first-order chi connectivity index (χ1) is 13.1. The Bertz CT molecular complexity index is 999. The minimum atomic E-state index is -0.292. The summed E-state index contributed by atoms with van der Waals surface area (Å²) in [5.41, 5.74) is 3.37. The molecule has 0 aliphatic carbocycles. The topological polar surface area (TPSA) is 91.2 Å². The monoisotopic (exact) mass is 365 g/mol. The summed E-state index contributed by atoms with van der Waals surface area (Å²) in [5, 5.41) is 11.0. The predicted octanol–water partition coefficient (Wildman–Crippen LogP) is 1.98. The van der Waals surface area contributed by atoms with Crippen LogP contribution < -0.4 is 14.8 Å². The molecule has 0 saturated carbocycles. The van der Waals surface area contributed by atoms with Crippen molar-refractivity contribution in [3.63, 3.8) is 0 Å². The number of benzene rings is 1. The molecule has 0 unspecified atom stereocenters. The lowest BCUT2D eigenvalue weighted by molar-refractivity contribution is 0.0944. The molecule has 3 aromatic rings. The van der Waals surface area contributed by atoms with Crippen LogP contribution in [-0.2, 0) is 6.54 Å². The summed E-state index contributed by atoms with van der Waals surface area (Å²) in [6, 6.07) is 11.2. The molecule has 1 aliphatic heterocycles. The normalized spacial score (nSPS) is 12.7. The number of carbonyl (C=O) groups excluding carboxylic acids is 1. The highest BCUT2D eigenvalue weighted by molar-refractivity contribution is 5.93. The lowest BCUT2D eigenvalue weighted by atomic mass is 10.2. The fourth-order valence-electron chi connectivity index (χ4n) is 2.90. The molecule has 0 radical (unpaired) electrons. The highest BCUT2D eigenvalue weighted by atomic mass is 16.6. The number of aryl methyl sites for hydroxylation is 1. The fourth-order valence-corrected chi connectivity index (χ4v) is 2.90. The first-order valence-electron chi connectivity index (χ1n) is 8.65. The van der Waals surface area contributed by atoms with Crippen molar-refractivity contribution in [2.75, 3.05) is 13.2 Å². The Morgan fingerprint density at radius 2 is 1.96 bits per heavy atom. The van der Waals surface area contributed by atoms with Gasteiger partial charge in [-0.1, -0.05) is 11.3 Å². The quantitative estimate of drug-likeness (QED) is 0.760. The second-order valence-electron chi connectivity index (χ2n) is 6.22. The molecular weight excluding hydrogens is 346 g/mol. The number of ether oxygens (including phenoxy) is 2. The van der Waals surface area contributed by atoms with Crippen LogP contribution in [0.15, 0.2) is 36.4 Å². The van der Waals surface area contributed by atoms with Crippen LogP contribution in [0.5, 0.6) is 11.5 Å². The third kappa shape index (κ3) is 3.46. The first-order valence-corrected chi connectivity index (χ1v) is 8.65. The smallest absolute Gasteiger partial charge is 0.274 e. The summed E-state index contributed by atoms with van der Waals surface area (Å²) in [6.45, 7) is 5.09. The molecule has 2 aromatic heterocycles. The molecule has 0 bridgehead atoms. The van der Waals surface area contributed by atoms with Crippen LogP contribution in [0.3, 0.4) is 0 Å². The molecule has 0 saturated heterocycles. The van der Waals surface area contributed by atoms with Gasteiger partial charge in [-0.2, -0.15) is 0 Å². The van der Waals surface area contributed by atoms with Gasteiger partial charge in [0.25, 0.3) is 5.91 Å². The number of pyridine rings is 1. The molecule has 1 N–H and O–H groups in total. The molecule has 138 valence electrons. The molecule has 1 aliphatic rings. The molecule has 0 atom stereocenters. The number of amides is 1. The van der Waals surface area contributed by atoms with Crippen molar-refractivity contribution >= 4 is 5.91 Å². The van der Waals surface area contributed by atoms with Crippen molar-refractivity contribution in [1.82, 2.24) is 25.3 Å². The Hall–Kier alpha value is -3.42. The summed E-state index contributed by atoms with van der Waals surface area (Å²) in [7, 11) is 0. The molecule has 8 heteroatoms. The first kappa shape index (κ1) is 17.0. The average Bonchev–Trinajstić information content (AvgIpc) is 3.07. The lowest BCUT2D eigenvalue weighted by Gasteiger charge is -2.18. The van der Waals surface area contributed by atoms with Gasteiger partial charge < -0.3 is 14.8 Å². The van der Waals surface area contributed by atoms with Gasteiger partial charge in [0.15, 0.2) is 17.2 Å². The largest absolute Gasteiger partial charge is 0.486 e. The second kappa shape index (κ2) is 7.06. The van der Waals surface area contributed by atoms with E-state index in [-0.39, 0.29) is 11.6 Å². The van der Waals surface area contributed by atoms with Crippen LogP contribution in [0.4, 0.5) is 0 Å². The maximum atomic E-state index is 12.5. The van der Waals surface area contributed by atoms with Gasteiger partial charge in [0, 0.05) is 11.8 Å². The van der Waals surface area contributed by atoms with Gasteiger partial charge in [-0.3, -0.25) is 9.78 Å². The van der Waals surface area contributed by atoms with E-state index in [0.717, 1.165) is 17.1 Å². The van der Waals surface area contributed by atoms with Crippen molar-refractivity contribution in [3.8, 4) is 17.2 Å². The van der Waals surface area contributed by atoms with Gasteiger partial charge >= 0.3 is 0 Å². The van der Waals surface area contributed by atoms with Gasteiger partial charge in [-0.25, -0.2) is 4.68 Å². The Labute approximate surface area is 156 Å². The molecule has 1 aromatic carbocycles. The van der Waals surface area contributed by atoms with Crippen molar-refractivity contribution in [2.45, 2.75) is 20.4 Å². The summed E-state index contributed by atoms with van der Waals surface area (Å²) in [6.07, 6.45) is 0. The minimum Gasteiger partial charge on any atom is -0.486 e. The third-order valence-electron chi connectivity index (χ3n) is 4.26. The Kier molecular flexibility index (Phi) is 4.45. The van der Waals surface area contributed by atoms with Crippen LogP contribution in [0.1, 0.15) is 27.6 Å². The van der Waals surface area contributed by atoms with E-state index in [1.807, 2.05) is 43.3 Å². The Balaban J connectivity index is 1.52. The van der Waals surface area contributed by atoms with Gasteiger partial charge in [-0.15, -0.1) is 5.10 Å². The maximum absolute atomic E-state index is 12.5. The zero-order valence-electron chi connectivity index (χ0n) is 15.1. The number of carbonyl (C=O) groups is 1. The van der Waals surface area contributed by atoms with Crippen molar-refractivity contribution in [1.29, 1.82) is 0 Å². The minimum absolute atomic E-state index is 0.276. The third-order valence-corrected chi connectivity index (χ3v) is 4.26. The van der Waals surface area contributed by atoms with Crippen LogP contribution in [0.25, 0.3) is 5.69 Å². The van der Waals surface area contributed by atoms with Crippen molar-refractivity contribution < 1.29 is 14.3 Å². The molecule has 27 heavy (non-hydrogen) atoms. The van der Waals surface area contributed by atoms with E-state index >= 15 is 0 Å². The summed E-state index contributed by atoms with van der Waals surface area (Å²) >= 11 is 0. The van der Waals surface area contributed by atoms with Crippen LogP contribution in [0.2, 0.25) is 0 Å². The highest BCUT2D eigenvalue weighted by Gasteiger charge is 2.19. The zero-order chi connectivity index (χ0) is 18.8. The van der Waals surface area contributed by atoms with E-state index in [4.69, 9.17) is 9.47 Å². The van der Waals surface area contributed by atoms with Gasteiger partial charge in [0.2, 0.25) is 0 Å². The second-order valence-corrected chi connectivity index (χ2v) is 6.22. The van der Waals surface area contributed by atoms with Gasteiger partial charge in [0.05, 0.1) is 23.6 Å². The Morgan fingerprint density at radius 1 is 1.15 bits per heavy atom. The molecule has 1 amide bonds. The molecular formula is C19H19N5O3. The number of hydrogen-bond acceptors (Lipinski definition) is 6. The van der Waals surface area contributed by atoms with Crippen LogP contribution >= 0.6 is 0 Å². The van der Waals surface area contributed by atoms with E-state index in [1.54, 1.807) is 11.6 Å². The highest BCUT2D eigenvalue weighted by Crippen LogP contribution is 2.32. The zero-order valence-corrected chi connectivity index (χ0v) is 15.1. The average molecular weight is 365 g/mol. The summed E-state index contributed by atoms with van der Waals surface area (Å²) in [4.78, 5) is 16.9. The predicted molar refractivity (Wildman–Crippen MR) is 97.2 cm³/mol. The van der Waals surface area contributed by atoms with E-state index in [1.165, 1.54) is 0 Å². The number of aromatic nitrogens is 4. The van der Waals surface area contributed by atoms with E-state index in [9.17, 15) is 4.79 Å². The van der Waals surface area contributed by atoms with Crippen LogP contribution in [-0.4, -0.2) is 39.1 Å². The Morgan fingerprint density at radius 3 is 2.78 bits per heavy atom. The molecule has 8 nitrogen and oxygen atoms in total. The van der Waals surface area contributed by atoms with E-state index in [2.05, 4.69) is 20.6 Å². The molecule has 0 spiro atoms.